The number of aryl methyl sites for hydroxylation is 2. The second-order valence-corrected chi connectivity index (χ2v) is 5.87. The Hall–Kier alpha value is -1.07. The Morgan fingerprint density at radius 2 is 2.15 bits per heavy atom. The van der Waals surface area contributed by atoms with Crippen molar-refractivity contribution in [3.63, 3.8) is 0 Å². The van der Waals surface area contributed by atoms with E-state index < -0.39 is 5.97 Å². The Morgan fingerprint density at radius 1 is 1.45 bits per heavy atom. The average molecular weight is 300 g/mol. The Labute approximate surface area is 124 Å². The van der Waals surface area contributed by atoms with Gasteiger partial charge in [-0.25, -0.2) is 0 Å². The standard InChI is InChI=1S/C14H22ClN3O2/c1-4-11-13(15)12(18(5-2)16-11)8-17-6-9(3)10(7-17)14(19)20/h9-10H,4-8H2,1-3H3,(H,19,20). The van der Waals surface area contributed by atoms with E-state index in [0.29, 0.717) is 13.1 Å². The molecule has 0 saturated carbocycles. The predicted octanol–water partition coefficient (Wildman–Crippen LogP) is 2.27. The normalized spacial score (nSPS) is 23.4. The van der Waals surface area contributed by atoms with Crippen LogP contribution in [0.25, 0.3) is 0 Å². The Kier molecular flexibility index (Phi) is 4.70. The van der Waals surface area contributed by atoms with E-state index >= 15 is 0 Å². The van der Waals surface area contributed by atoms with Crippen LogP contribution in [0.3, 0.4) is 0 Å². The quantitative estimate of drug-likeness (QED) is 0.906. The van der Waals surface area contributed by atoms with Crippen LogP contribution in [0.4, 0.5) is 0 Å². The van der Waals surface area contributed by atoms with Crippen molar-refractivity contribution in [2.24, 2.45) is 11.8 Å². The zero-order valence-electron chi connectivity index (χ0n) is 12.3. The highest BCUT2D eigenvalue weighted by molar-refractivity contribution is 6.31. The molecular weight excluding hydrogens is 278 g/mol. The largest absolute Gasteiger partial charge is 0.481 e. The monoisotopic (exact) mass is 299 g/mol. The molecule has 112 valence electrons. The molecule has 1 aromatic heterocycles. The lowest BCUT2D eigenvalue weighted by Gasteiger charge is -2.16. The highest BCUT2D eigenvalue weighted by Gasteiger charge is 2.35. The van der Waals surface area contributed by atoms with Gasteiger partial charge in [-0.2, -0.15) is 5.10 Å². The summed E-state index contributed by atoms with van der Waals surface area (Å²) >= 11 is 6.40. The van der Waals surface area contributed by atoms with E-state index in [0.717, 1.165) is 35.9 Å². The fourth-order valence-corrected chi connectivity index (χ4v) is 3.23. The molecule has 1 fully saturated rings. The van der Waals surface area contributed by atoms with Crippen LogP contribution in [0.15, 0.2) is 0 Å². The van der Waals surface area contributed by atoms with Crippen LogP contribution in [-0.4, -0.2) is 38.8 Å². The minimum Gasteiger partial charge on any atom is -0.481 e. The second kappa shape index (κ2) is 6.14. The van der Waals surface area contributed by atoms with Crippen LogP contribution in [0, 0.1) is 11.8 Å². The number of aromatic nitrogens is 2. The fourth-order valence-electron chi connectivity index (χ4n) is 2.90. The molecule has 0 radical (unpaired) electrons. The van der Waals surface area contributed by atoms with Gasteiger partial charge in [0.25, 0.3) is 0 Å². The van der Waals surface area contributed by atoms with E-state index in [1.807, 2.05) is 25.5 Å². The lowest BCUT2D eigenvalue weighted by molar-refractivity contribution is -0.142. The number of hydrogen-bond donors (Lipinski definition) is 1. The SMILES string of the molecule is CCc1nn(CC)c(CN2CC(C)C(C(=O)O)C2)c1Cl. The third kappa shape index (κ3) is 2.83. The van der Waals surface area contributed by atoms with Crippen LogP contribution >= 0.6 is 11.6 Å². The zero-order valence-corrected chi connectivity index (χ0v) is 13.0. The number of aliphatic carboxylic acids is 1. The molecule has 5 nitrogen and oxygen atoms in total. The predicted molar refractivity (Wildman–Crippen MR) is 77.9 cm³/mol. The van der Waals surface area contributed by atoms with Gasteiger partial charge in [-0.1, -0.05) is 25.4 Å². The van der Waals surface area contributed by atoms with Gasteiger partial charge in [0.15, 0.2) is 0 Å². The number of hydrogen-bond acceptors (Lipinski definition) is 3. The van der Waals surface area contributed by atoms with Crippen molar-refractivity contribution in [1.82, 2.24) is 14.7 Å². The van der Waals surface area contributed by atoms with Crippen molar-refractivity contribution in [3.05, 3.63) is 16.4 Å². The summed E-state index contributed by atoms with van der Waals surface area (Å²) in [5.41, 5.74) is 1.93. The van der Waals surface area contributed by atoms with Crippen molar-refractivity contribution in [2.45, 2.75) is 40.3 Å². The van der Waals surface area contributed by atoms with E-state index in [2.05, 4.69) is 10.00 Å². The van der Waals surface area contributed by atoms with Crippen LogP contribution in [0.5, 0.6) is 0 Å². The van der Waals surface area contributed by atoms with E-state index in [4.69, 9.17) is 11.6 Å². The van der Waals surface area contributed by atoms with Crippen LogP contribution in [-0.2, 0) is 24.3 Å². The van der Waals surface area contributed by atoms with Crippen molar-refractivity contribution < 1.29 is 9.90 Å². The van der Waals surface area contributed by atoms with E-state index in [-0.39, 0.29) is 11.8 Å². The molecule has 0 spiro atoms. The van der Waals surface area contributed by atoms with Crippen molar-refractivity contribution in [3.8, 4) is 0 Å². The summed E-state index contributed by atoms with van der Waals surface area (Å²) in [6.45, 7) is 8.91. The van der Waals surface area contributed by atoms with E-state index in [1.54, 1.807) is 0 Å². The third-order valence-corrected chi connectivity index (χ3v) is 4.51. The lowest BCUT2D eigenvalue weighted by atomic mass is 9.99. The molecule has 1 N–H and O–H groups in total. The summed E-state index contributed by atoms with van der Waals surface area (Å²) in [7, 11) is 0. The molecule has 1 aromatic rings. The number of nitrogens with zero attached hydrogens (tertiary/aromatic N) is 3. The molecule has 2 rings (SSSR count). The van der Waals surface area contributed by atoms with Crippen LogP contribution in [0.1, 0.15) is 32.2 Å². The molecule has 0 bridgehead atoms. The lowest BCUT2D eigenvalue weighted by Crippen LogP contribution is -2.24. The molecule has 6 heteroatoms. The third-order valence-electron chi connectivity index (χ3n) is 4.07. The molecule has 2 heterocycles. The summed E-state index contributed by atoms with van der Waals surface area (Å²) in [6, 6.07) is 0. The summed E-state index contributed by atoms with van der Waals surface area (Å²) in [4.78, 5) is 13.3. The first-order chi connectivity index (χ1) is 9.47. The highest BCUT2D eigenvalue weighted by atomic mass is 35.5. The number of halogens is 1. The van der Waals surface area contributed by atoms with E-state index in [1.165, 1.54) is 0 Å². The first-order valence-electron chi connectivity index (χ1n) is 7.17. The van der Waals surface area contributed by atoms with Crippen molar-refractivity contribution in [2.75, 3.05) is 13.1 Å². The summed E-state index contributed by atoms with van der Waals surface area (Å²) in [5.74, 6) is -0.809. The average Bonchev–Trinajstić information content (AvgIpc) is 2.92. The number of likely N-dealkylation sites (tertiary alicyclic amines) is 1. The van der Waals surface area contributed by atoms with Crippen molar-refractivity contribution in [1.29, 1.82) is 0 Å². The molecule has 20 heavy (non-hydrogen) atoms. The first-order valence-corrected chi connectivity index (χ1v) is 7.54. The minimum absolute atomic E-state index is 0.176. The topological polar surface area (TPSA) is 58.4 Å². The summed E-state index contributed by atoms with van der Waals surface area (Å²) in [5, 5.41) is 14.4. The molecule has 1 saturated heterocycles. The fraction of sp³-hybridized carbons (Fsp3) is 0.714. The molecule has 0 aliphatic carbocycles. The molecule has 2 atom stereocenters. The number of carboxylic acids is 1. The van der Waals surface area contributed by atoms with Gasteiger partial charge in [0, 0.05) is 26.2 Å². The summed E-state index contributed by atoms with van der Waals surface area (Å²) < 4.78 is 1.93. The molecule has 1 aliphatic rings. The maximum absolute atomic E-state index is 11.2. The van der Waals surface area contributed by atoms with Gasteiger partial charge >= 0.3 is 5.97 Å². The van der Waals surface area contributed by atoms with Gasteiger partial charge in [0.2, 0.25) is 0 Å². The smallest absolute Gasteiger partial charge is 0.308 e. The van der Waals surface area contributed by atoms with Gasteiger partial charge in [-0.05, 0) is 19.3 Å². The maximum atomic E-state index is 11.2. The van der Waals surface area contributed by atoms with Gasteiger partial charge in [-0.15, -0.1) is 0 Å². The molecular formula is C14H22ClN3O2. The Bertz CT molecular complexity index is 501. The molecule has 1 aliphatic heterocycles. The number of rotatable bonds is 5. The maximum Gasteiger partial charge on any atom is 0.308 e. The number of carbonyl (C=O) groups is 1. The number of carboxylic acid groups (broad SMARTS) is 1. The van der Waals surface area contributed by atoms with Crippen LogP contribution < -0.4 is 0 Å². The molecule has 0 aromatic carbocycles. The van der Waals surface area contributed by atoms with E-state index in [9.17, 15) is 9.90 Å². The van der Waals surface area contributed by atoms with Gasteiger partial charge in [0.05, 0.1) is 22.3 Å². The molecule has 0 amide bonds. The van der Waals surface area contributed by atoms with Crippen LogP contribution in [0.2, 0.25) is 5.02 Å². The Morgan fingerprint density at radius 3 is 2.65 bits per heavy atom. The van der Waals surface area contributed by atoms with Gasteiger partial charge in [-0.3, -0.25) is 14.4 Å². The first kappa shape index (κ1) is 15.3. The Balaban J connectivity index is 2.15. The van der Waals surface area contributed by atoms with Gasteiger partial charge in [0.1, 0.15) is 0 Å². The molecule has 2 unspecified atom stereocenters. The second-order valence-electron chi connectivity index (χ2n) is 5.49. The van der Waals surface area contributed by atoms with Gasteiger partial charge < -0.3 is 5.11 Å². The minimum atomic E-state index is -0.704. The van der Waals surface area contributed by atoms with Crippen molar-refractivity contribution >= 4 is 17.6 Å². The summed E-state index contributed by atoms with van der Waals surface area (Å²) in [6.07, 6.45) is 0.812. The zero-order chi connectivity index (χ0) is 14.9. The highest BCUT2D eigenvalue weighted by Crippen LogP contribution is 2.28.